The minimum Gasteiger partial charge on any atom is -0.481 e. The normalized spacial score (nSPS) is 11.0. The number of aromatic nitrogens is 2. The van der Waals surface area contributed by atoms with Crippen LogP contribution in [0.2, 0.25) is 0 Å². The molecule has 2 rings (SSSR count). The second-order valence-electron chi connectivity index (χ2n) is 5.10. The first-order chi connectivity index (χ1) is 10.0. The topological polar surface area (TPSA) is 58.1 Å². The number of carbonyl (C=O) groups is 1. The molecule has 0 amide bonds. The highest BCUT2D eigenvalue weighted by Crippen LogP contribution is 2.19. The van der Waals surface area contributed by atoms with Crippen molar-refractivity contribution >= 4 is 34.3 Å². The van der Waals surface area contributed by atoms with E-state index in [0.29, 0.717) is 12.3 Å². The third-order valence-electron chi connectivity index (χ3n) is 3.69. The van der Waals surface area contributed by atoms with Crippen molar-refractivity contribution in [2.24, 2.45) is 14.1 Å². The maximum Gasteiger partial charge on any atom is 0.303 e. The van der Waals surface area contributed by atoms with Gasteiger partial charge in [0, 0.05) is 37.0 Å². The number of nitrogens with zero attached hydrogens (tertiary/aromatic N) is 2. The molecule has 0 bridgehead atoms. The molecule has 114 valence electrons. The van der Waals surface area contributed by atoms with Gasteiger partial charge in [-0.2, -0.15) is 0 Å². The van der Waals surface area contributed by atoms with E-state index in [1.807, 2.05) is 20.2 Å². The summed E-state index contributed by atoms with van der Waals surface area (Å²) < 4.78 is 4.26. The molecular weight excluding hydrogens is 290 g/mol. The lowest BCUT2D eigenvalue weighted by molar-refractivity contribution is -0.654. The minimum atomic E-state index is -0.746. The highest BCUT2D eigenvalue weighted by Gasteiger charge is 2.20. The Balaban J connectivity index is 2.28. The van der Waals surface area contributed by atoms with Crippen molar-refractivity contribution in [1.29, 1.82) is 0 Å². The van der Waals surface area contributed by atoms with Gasteiger partial charge in [0.2, 0.25) is 0 Å². The molecule has 0 radical (unpaired) electrons. The Morgan fingerprint density at radius 1 is 1.48 bits per heavy atom. The average molecular weight is 311 g/mol. The van der Waals surface area contributed by atoms with Crippen molar-refractivity contribution in [2.75, 3.05) is 17.7 Å². The van der Waals surface area contributed by atoms with Crippen LogP contribution >= 0.6 is 11.6 Å². The van der Waals surface area contributed by atoms with Crippen molar-refractivity contribution in [3.63, 3.8) is 0 Å². The number of halogens is 1. The van der Waals surface area contributed by atoms with Crippen molar-refractivity contribution in [2.45, 2.75) is 19.3 Å². The highest BCUT2D eigenvalue weighted by atomic mass is 35.5. The monoisotopic (exact) mass is 310 g/mol. The maximum absolute atomic E-state index is 10.6. The van der Waals surface area contributed by atoms with E-state index in [4.69, 9.17) is 16.7 Å². The van der Waals surface area contributed by atoms with Crippen LogP contribution in [0.15, 0.2) is 18.2 Å². The Morgan fingerprint density at radius 2 is 2.24 bits per heavy atom. The summed E-state index contributed by atoms with van der Waals surface area (Å²) in [5.74, 6) is 0.948. The van der Waals surface area contributed by atoms with Crippen molar-refractivity contribution in [3.05, 3.63) is 24.0 Å². The quantitative estimate of drug-likeness (QED) is 0.608. The number of benzene rings is 1. The van der Waals surface area contributed by atoms with Gasteiger partial charge in [0.05, 0.1) is 14.1 Å². The molecule has 0 unspecified atom stereocenters. The summed E-state index contributed by atoms with van der Waals surface area (Å²) in [6.45, 7) is 0.731. The van der Waals surface area contributed by atoms with Gasteiger partial charge >= 0.3 is 5.97 Å². The fourth-order valence-corrected chi connectivity index (χ4v) is 2.71. The molecule has 0 aliphatic rings. The minimum absolute atomic E-state index is 0.198. The molecule has 2 N–H and O–H groups in total. The fraction of sp³-hybridized carbons (Fsp3) is 0.467. The first-order valence-electron chi connectivity index (χ1n) is 7.03. The van der Waals surface area contributed by atoms with Gasteiger partial charge in [-0.1, -0.05) is 0 Å². The van der Waals surface area contributed by atoms with E-state index in [1.165, 1.54) is 0 Å². The number of imidazole rings is 1. The van der Waals surface area contributed by atoms with Gasteiger partial charge in [-0.15, -0.1) is 11.6 Å². The Hall–Kier alpha value is -1.75. The molecule has 0 atom stereocenters. The highest BCUT2D eigenvalue weighted by molar-refractivity contribution is 6.18. The molecule has 6 heteroatoms. The number of aryl methyl sites for hydroxylation is 2. The molecule has 0 spiro atoms. The standard InChI is InChI=1S/C15H20ClN3O2/c1-18-12-7-6-11(17-9-8-16)10-13(12)19(2)14(18)4-3-5-15(20)21/h6-7,10,17H,3-5,8-9H2,1-2H3/p+1. The Kier molecular flexibility index (Phi) is 5.07. The molecule has 0 saturated heterocycles. The molecule has 2 aromatic rings. The summed E-state index contributed by atoms with van der Waals surface area (Å²) >= 11 is 5.69. The first-order valence-corrected chi connectivity index (χ1v) is 7.57. The molecule has 0 fully saturated rings. The third-order valence-corrected chi connectivity index (χ3v) is 3.88. The van der Waals surface area contributed by atoms with E-state index >= 15 is 0 Å². The van der Waals surface area contributed by atoms with Crippen LogP contribution in [0.1, 0.15) is 18.7 Å². The third kappa shape index (κ3) is 3.47. The summed E-state index contributed by atoms with van der Waals surface area (Å²) in [4.78, 5) is 10.6. The molecule has 5 nitrogen and oxygen atoms in total. The predicted octanol–water partition coefficient (Wildman–Crippen LogP) is 2.06. The maximum atomic E-state index is 10.6. The lowest BCUT2D eigenvalue weighted by Gasteiger charge is -2.02. The molecule has 21 heavy (non-hydrogen) atoms. The van der Waals surface area contributed by atoms with Crippen molar-refractivity contribution < 1.29 is 14.5 Å². The summed E-state index contributed by atoms with van der Waals surface area (Å²) in [6, 6.07) is 6.21. The zero-order valence-corrected chi connectivity index (χ0v) is 13.2. The number of carboxylic acids is 1. The molecule has 1 aromatic heterocycles. The van der Waals surface area contributed by atoms with Gasteiger partial charge in [-0.05, 0) is 18.6 Å². The lowest BCUT2D eigenvalue weighted by Crippen LogP contribution is -2.32. The van der Waals surface area contributed by atoms with Gasteiger partial charge < -0.3 is 10.4 Å². The van der Waals surface area contributed by atoms with E-state index in [1.54, 1.807) is 0 Å². The van der Waals surface area contributed by atoms with E-state index in [9.17, 15) is 4.79 Å². The molecule has 0 aliphatic carbocycles. The number of carboxylic acid groups (broad SMARTS) is 1. The Morgan fingerprint density at radius 3 is 2.90 bits per heavy atom. The van der Waals surface area contributed by atoms with Crippen molar-refractivity contribution in [3.8, 4) is 0 Å². The number of aliphatic carboxylic acids is 1. The summed E-state index contributed by atoms with van der Waals surface area (Å²) in [6.07, 6.45) is 1.59. The van der Waals surface area contributed by atoms with Crippen LogP contribution in [0.5, 0.6) is 0 Å². The molecule has 1 aromatic carbocycles. The number of hydrogen-bond donors (Lipinski definition) is 2. The molecule has 1 heterocycles. The Bertz CT molecular complexity index is 652. The van der Waals surface area contributed by atoms with E-state index in [2.05, 4.69) is 26.6 Å². The van der Waals surface area contributed by atoms with Gasteiger partial charge in [-0.25, -0.2) is 9.13 Å². The number of nitrogens with one attached hydrogen (secondary N) is 1. The van der Waals surface area contributed by atoms with Crippen LogP contribution in [0.3, 0.4) is 0 Å². The fourth-order valence-electron chi connectivity index (χ4n) is 2.61. The van der Waals surface area contributed by atoms with E-state index in [0.717, 1.165) is 35.5 Å². The zero-order valence-electron chi connectivity index (χ0n) is 12.4. The number of anilines is 1. The number of fused-ring (bicyclic) bond motifs is 1. The zero-order chi connectivity index (χ0) is 15.4. The smallest absolute Gasteiger partial charge is 0.303 e. The summed E-state index contributed by atoms with van der Waals surface area (Å²) in [5.41, 5.74) is 3.31. The van der Waals surface area contributed by atoms with Gasteiger partial charge in [-0.3, -0.25) is 4.79 Å². The molecule has 0 aliphatic heterocycles. The van der Waals surface area contributed by atoms with Crippen LogP contribution < -0.4 is 9.88 Å². The Labute approximate surface area is 129 Å². The average Bonchev–Trinajstić information content (AvgIpc) is 2.69. The van der Waals surface area contributed by atoms with E-state index in [-0.39, 0.29) is 6.42 Å². The lowest BCUT2D eigenvalue weighted by atomic mass is 10.2. The second-order valence-corrected chi connectivity index (χ2v) is 5.48. The van der Waals surface area contributed by atoms with Crippen LogP contribution in [-0.2, 0) is 25.3 Å². The van der Waals surface area contributed by atoms with Crippen LogP contribution in [-0.4, -0.2) is 28.1 Å². The first kappa shape index (κ1) is 15.6. The molecular formula is C15H21ClN3O2+. The number of rotatable bonds is 7. The SMILES string of the molecule is Cn1c(CCCC(=O)O)[n+](C)c2ccc(NCCCl)cc21. The summed E-state index contributed by atoms with van der Waals surface area (Å²) in [5, 5.41) is 12.0. The largest absolute Gasteiger partial charge is 0.481 e. The van der Waals surface area contributed by atoms with Gasteiger partial charge in [0.1, 0.15) is 0 Å². The number of hydrogen-bond acceptors (Lipinski definition) is 2. The van der Waals surface area contributed by atoms with Crippen LogP contribution in [0.25, 0.3) is 11.0 Å². The van der Waals surface area contributed by atoms with Crippen LogP contribution in [0, 0.1) is 0 Å². The molecule has 0 saturated carbocycles. The number of alkyl halides is 1. The van der Waals surface area contributed by atoms with E-state index < -0.39 is 5.97 Å². The van der Waals surface area contributed by atoms with Gasteiger partial charge in [0.25, 0.3) is 5.82 Å². The van der Waals surface area contributed by atoms with Crippen LogP contribution in [0.4, 0.5) is 5.69 Å². The van der Waals surface area contributed by atoms with Crippen molar-refractivity contribution in [1.82, 2.24) is 4.57 Å². The second kappa shape index (κ2) is 6.80. The predicted molar refractivity (Wildman–Crippen MR) is 83.9 cm³/mol. The van der Waals surface area contributed by atoms with Gasteiger partial charge in [0.15, 0.2) is 11.0 Å². The summed E-state index contributed by atoms with van der Waals surface area (Å²) in [7, 11) is 4.04.